The molecule has 2 heterocycles. The van der Waals surface area contributed by atoms with Gasteiger partial charge in [-0.15, -0.1) is 0 Å². The number of rotatable bonds is 6. The van der Waals surface area contributed by atoms with Crippen LogP contribution in [0.3, 0.4) is 0 Å². The van der Waals surface area contributed by atoms with E-state index in [-0.39, 0.29) is 11.9 Å². The van der Waals surface area contributed by atoms with Crippen molar-refractivity contribution >= 4 is 22.9 Å². The number of hydrogen-bond acceptors (Lipinski definition) is 5. The fourth-order valence-corrected chi connectivity index (χ4v) is 4.10. The molecule has 3 aromatic rings. The smallest absolute Gasteiger partial charge is 0.258 e. The number of benzene rings is 2. The zero-order chi connectivity index (χ0) is 22.8. The predicted molar refractivity (Wildman–Crippen MR) is 125 cm³/mol. The largest absolute Gasteiger partial charge is 0.497 e. The topological polar surface area (TPSA) is 63.4 Å². The van der Waals surface area contributed by atoms with Crippen LogP contribution < -0.4 is 10.1 Å². The van der Waals surface area contributed by atoms with Gasteiger partial charge in [0, 0.05) is 17.8 Å². The van der Waals surface area contributed by atoms with Gasteiger partial charge in [-0.3, -0.25) is 0 Å². The van der Waals surface area contributed by atoms with Crippen molar-refractivity contribution in [3.63, 3.8) is 0 Å². The minimum absolute atomic E-state index is 0.280. The van der Waals surface area contributed by atoms with Crippen molar-refractivity contribution in [2.24, 2.45) is 5.92 Å². The summed E-state index contributed by atoms with van der Waals surface area (Å²) in [6, 6.07) is 13.6. The average molecular weight is 453 g/mol. The van der Waals surface area contributed by atoms with Gasteiger partial charge in [0.15, 0.2) is 5.11 Å². The fraction of sp³-hybridized carbons (Fsp3) is 0.292. The molecule has 0 saturated carbocycles. The molecule has 6 nitrogen and oxygen atoms in total. The molecule has 1 N–H and O–H groups in total. The van der Waals surface area contributed by atoms with Crippen LogP contribution in [0.15, 0.2) is 58.8 Å². The van der Waals surface area contributed by atoms with E-state index in [0.29, 0.717) is 28.3 Å². The monoisotopic (exact) mass is 452 g/mol. The molecule has 0 radical (unpaired) electrons. The van der Waals surface area contributed by atoms with E-state index in [4.69, 9.17) is 21.5 Å². The predicted octanol–water partition coefficient (Wildman–Crippen LogP) is 5.20. The van der Waals surface area contributed by atoms with E-state index in [1.807, 2.05) is 31.2 Å². The molecule has 8 heteroatoms. The summed E-state index contributed by atoms with van der Waals surface area (Å²) in [6.45, 7) is 7.04. The second-order valence-corrected chi connectivity index (χ2v) is 8.48. The van der Waals surface area contributed by atoms with Gasteiger partial charge in [0.05, 0.1) is 18.7 Å². The van der Waals surface area contributed by atoms with E-state index in [0.717, 1.165) is 29.1 Å². The van der Waals surface area contributed by atoms with Crippen molar-refractivity contribution in [1.82, 2.24) is 20.4 Å². The number of nitrogens with zero attached hydrogens (tertiary/aromatic N) is 3. The first kappa shape index (κ1) is 22.0. The lowest BCUT2D eigenvalue weighted by Crippen LogP contribution is -2.47. The molecule has 0 fully saturated rings. The molecular formula is C24H25FN4O2S. The van der Waals surface area contributed by atoms with Crippen molar-refractivity contribution in [1.29, 1.82) is 0 Å². The normalized spacial score (nSPS) is 16.5. The molecular weight excluding hydrogens is 427 g/mol. The van der Waals surface area contributed by atoms with E-state index in [1.54, 1.807) is 19.2 Å². The van der Waals surface area contributed by atoms with E-state index in [9.17, 15) is 4.39 Å². The van der Waals surface area contributed by atoms with Crippen LogP contribution in [0.25, 0.3) is 17.0 Å². The van der Waals surface area contributed by atoms with Crippen LogP contribution in [-0.2, 0) is 0 Å². The molecule has 1 aliphatic heterocycles. The molecule has 1 atom stereocenters. The minimum atomic E-state index is -0.354. The van der Waals surface area contributed by atoms with Gasteiger partial charge < -0.3 is 19.5 Å². The first-order valence-electron chi connectivity index (χ1n) is 10.4. The summed E-state index contributed by atoms with van der Waals surface area (Å²) in [5.74, 6) is 1.51. The minimum Gasteiger partial charge on any atom is -0.497 e. The molecule has 4 rings (SSSR count). The van der Waals surface area contributed by atoms with Gasteiger partial charge in [-0.1, -0.05) is 43.3 Å². The van der Waals surface area contributed by atoms with Crippen molar-refractivity contribution in [3.8, 4) is 17.1 Å². The van der Waals surface area contributed by atoms with Gasteiger partial charge in [-0.25, -0.2) is 4.39 Å². The highest BCUT2D eigenvalue weighted by atomic mass is 32.1. The van der Waals surface area contributed by atoms with Gasteiger partial charge in [0.25, 0.3) is 5.89 Å². The Bertz CT molecular complexity index is 1160. The maximum atomic E-state index is 13.7. The summed E-state index contributed by atoms with van der Waals surface area (Å²) in [4.78, 5) is 6.66. The number of methoxy groups -OCH3 is 1. The van der Waals surface area contributed by atoms with Gasteiger partial charge >= 0.3 is 0 Å². The summed E-state index contributed by atoms with van der Waals surface area (Å²) in [7, 11) is 1.63. The lowest BCUT2D eigenvalue weighted by atomic mass is 9.94. The third-order valence-electron chi connectivity index (χ3n) is 5.33. The molecule has 0 amide bonds. The van der Waals surface area contributed by atoms with E-state index in [2.05, 4.69) is 34.2 Å². The van der Waals surface area contributed by atoms with Crippen molar-refractivity contribution in [2.75, 3.05) is 13.7 Å². The summed E-state index contributed by atoms with van der Waals surface area (Å²) < 4.78 is 24.7. The Hall–Kier alpha value is -3.26. The van der Waals surface area contributed by atoms with Crippen LogP contribution in [0.4, 0.5) is 4.39 Å². The third-order valence-corrected chi connectivity index (χ3v) is 5.67. The molecule has 2 aromatic carbocycles. The van der Waals surface area contributed by atoms with Crippen LogP contribution in [-0.4, -0.2) is 33.8 Å². The second-order valence-electron chi connectivity index (χ2n) is 8.09. The maximum absolute atomic E-state index is 13.7. The molecule has 0 bridgehead atoms. The Kier molecular flexibility index (Phi) is 6.23. The Morgan fingerprint density at radius 1 is 1.22 bits per heavy atom. The van der Waals surface area contributed by atoms with Crippen LogP contribution >= 0.6 is 12.2 Å². The van der Waals surface area contributed by atoms with Gasteiger partial charge in [0.1, 0.15) is 11.6 Å². The molecule has 166 valence electrons. The molecule has 1 unspecified atom stereocenters. The average Bonchev–Trinajstić information content (AvgIpc) is 3.26. The zero-order valence-corrected chi connectivity index (χ0v) is 19.2. The molecule has 0 saturated heterocycles. The standard InChI is InChI=1S/C24H25FN4O2S/c1-14(2)13-29-15(3)20(21(26-24(29)32)16-8-10-19(30-4)11-9-16)23-27-22(28-31-23)17-6-5-7-18(25)12-17/h5-12,14,21H,13H2,1-4H3,(H,26,32). The maximum Gasteiger partial charge on any atom is 0.258 e. The van der Waals surface area contributed by atoms with Crippen molar-refractivity contribution in [2.45, 2.75) is 26.8 Å². The zero-order valence-electron chi connectivity index (χ0n) is 18.4. The van der Waals surface area contributed by atoms with Gasteiger partial charge in [0.2, 0.25) is 5.82 Å². The lowest BCUT2D eigenvalue weighted by Gasteiger charge is -2.38. The highest BCUT2D eigenvalue weighted by Crippen LogP contribution is 2.38. The fourth-order valence-electron chi connectivity index (χ4n) is 3.77. The number of nitrogens with one attached hydrogen (secondary N) is 1. The number of aromatic nitrogens is 2. The van der Waals surface area contributed by atoms with E-state index < -0.39 is 0 Å². The second kappa shape index (κ2) is 9.08. The van der Waals surface area contributed by atoms with Gasteiger partial charge in [-0.05, 0) is 54.9 Å². The Labute approximate surface area is 192 Å². The number of allylic oxidation sites excluding steroid dienone is 1. The number of halogens is 1. The van der Waals surface area contributed by atoms with E-state index in [1.165, 1.54) is 12.1 Å². The first-order chi connectivity index (χ1) is 15.4. The van der Waals surface area contributed by atoms with E-state index >= 15 is 0 Å². The Morgan fingerprint density at radius 3 is 2.62 bits per heavy atom. The summed E-state index contributed by atoms with van der Waals surface area (Å²) in [6.07, 6.45) is 0. The number of hydrogen-bond donors (Lipinski definition) is 1. The number of thiocarbonyl (C=S) groups is 1. The summed E-state index contributed by atoms with van der Waals surface area (Å²) in [5.41, 5.74) is 3.31. The lowest BCUT2D eigenvalue weighted by molar-refractivity contribution is 0.385. The summed E-state index contributed by atoms with van der Waals surface area (Å²) >= 11 is 5.69. The highest BCUT2D eigenvalue weighted by molar-refractivity contribution is 7.80. The van der Waals surface area contributed by atoms with Crippen LogP contribution in [0, 0.1) is 11.7 Å². The van der Waals surface area contributed by atoms with Crippen LogP contribution in [0.1, 0.15) is 38.3 Å². The van der Waals surface area contributed by atoms with Crippen LogP contribution in [0.5, 0.6) is 5.75 Å². The first-order valence-corrected chi connectivity index (χ1v) is 10.8. The molecule has 0 aliphatic carbocycles. The Morgan fingerprint density at radius 2 is 1.97 bits per heavy atom. The number of ether oxygens (including phenoxy) is 1. The van der Waals surface area contributed by atoms with Crippen molar-refractivity contribution < 1.29 is 13.7 Å². The quantitative estimate of drug-likeness (QED) is 0.516. The van der Waals surface area contributed by atoms with Gasteiger partial charge in [-0.2, -0.15) is 4.98 Å². The van der Waals surface area contributed by atoms with Crippen molar-refractivity contribution in [3.05, 3.63) is 71.5 Å². The third kappa shape index (κ3) is 4.36. The summed E-state index contributed by atoms with van der Waals surface area (Å²) in [5, 5.41) is 8.19. The highest BCUT2D eigenvalue weighted by Gasteiger charge is 2.34. The molecule has 0 spiro atoms. The molecule has 32 heavy (non-hydrogen) atoms. The Balaban J connectivity index is 1.80. The molecule has 1 aromatic heterocycles. The molecule has 1 aliphatic rings. The van der Waals surface area contributed by atoms with Crippen LogP contribution in [0.2, 0.25) is 0 Å². The SMILES string of the molecule is COc1ccc(C2NC(=S)N(CC(C)C)C(C)=C2c2nc(-c3cccc(F)c3)no2)cc1.